The standard InChI is InChI=1S/C17H22N6/c1-11(2)14-8-15(17-21-19-10-23(17)22-14)20-16(12(3)4)13-6-5-7-18-9-13/h5-12,16,20H,1-4H3. The first-order valence-electron chi connectivity index (χ1n) is 7.93. The van der Waals surface area contributed by atoms with Gasteiger partial charge in [-0.15, -0.1) is 10.2 Å². The third-order valence-electron chi connectivity index (χ3n) is 3.90. The number of fused-ring (bicyclic) bond motifs is 1. The topological polar surface area (TPSA) is 68.0 Å². The Balaban J connectivity index is 2.03. The van der Waals surface area contributed by atoms with Crippen LogP contribution in [0.3, 0.4) is 0 Å². The Morgan fingerprint density at radius 1 is 1.17 bits per heavy atom. The van der Waals surface area contributed by atoms with E-state index in [2.05, 4.69) is 65.4 Å². The first-order valence-corrected chi connectivity index (χ1v) is 7.93. The Kier molecular flexibility index (Phi) is 4.23. The third-order valence-corrected chi connectivity index (χ3v) is 3.90. The van der Waals surface area contributed by atoms with Crippen molar-refractivity contribution in [1.82, 2.24) is 24.8 Å². The molecule has 3 heterocycles. The van der Waals surface area contributed by atoms with Crippen LogP contribution in [-0.4, -0.2) is 24.8 Å². The van der Waals surface area contributed by atoms with Crippen LogP contribution < -0.4 is 5.32 Å². The molecule has 6 nitrogen and oxygen atoms in total. The molecule has 6 heteroatoms. The van der Waals surface area contributed by atoms with Crippen LogP contribution in [0, 0.1) is 5.92 Å². The van der Waals surface area contributed by atoms with Crippen LogP contribution in [0.4, 0.5) is 5.69 Å². The number of nitrogens with zero attached hydrogens (tertiary/aromatic N) is 5. The Bertz CT molecular complexity index is 778. The van der Waals surface area contributed by atoms with Crippen LogP contribution in [0.15, 0.2) is 36.9 Å². The van der Waals surface area contributed by atoms with Gasteiger partial charge in [-0.05, 0) is 29.5 Å². The molecule has 23 heavy (non-hydrogen) atoms. The van der Waals surface area contributed by atoms with E-state index in [1.165, 1.54) is 0 Å². The van der Waals surface area contributed by atoms with Crippen LogP contribution in [0.1, 0.15) is 50.9 Å². The van der Waals surface area contributed by atoms with Crippen molar-refractivity contribution in [2.75, 3.05) is 5.32 Å². The van der Waals surface area contributed by atoms with Gasteiger partial charge in [0.15, 0.2) is 0 Å². The number of rotatable bonds is 5. The second-order valence-corrected chi connectivity index (χ2v) is 6.39. The molecule has 1 unspecified atom stereocenters. The van der Waals surface area contributed by atoms with E-state index in [0.717, 1.165) is 22.6 Å². The molecule has 0 amide bonds. The van der Waals surface area contributed by atoms with E-state index in [1.807, 2.05) is 12.3 Å². The lowest BCUT2D eigenvalue weighted by Gasteiger charge is -2.24. The van der Waals surface area contributed by atoms with Gasteiger partial charge in [-0.2, -0.15) is 9.61 Å². The molecular formula is C17H22N6. The predicted octanol–water partition coefficient (Wildman–Crippen LogP) is 3.45. The zero-order valence-electron chi connectivity index (χ0n) is 13.9. The summed E-state index contributed by atoms with van der Waals surface area (Å²) in [6.07, 6.45) is 5.34. The summed E-state index contributed by atoms with van der Waals surface area (Å²) in [5.41, 5.74) is 3.85. The minimum Gasteiger partial charge on any atom is -0.375 e. The highest BCUT2D eigenvalue weighted by Gasteiger charge is 2.19. The van der Waals surface area contributed by atoms with Gasteiger partial charge in [0.25, 0.3) is 0 Å². The molecule has 0 saturated carbocycles. The van der Waals surface area contributed by atoms with E-state index in [1.54, 1.807) is 17.0 Å². The second kappa shape index (κ2) is 6.32. The summed E-state index contributed by atoms with van der Waals surface area (Å²) in [5.74, 6) is 0.732. The quantitative estimate of drug-likeness (QED) is 0.781. The van der Waals surface area contributed by atoms with Gasteiger partial charge in [0, 0.05) is 12.4 Å². The van der Waals surface area contributed by atoms with Crippen LogP contribution in [-0.2, 0) is 0 Å². The highest BCUT2D eigenvalue weighted by Crippen LogP contribution is 2.29. The fraction of sp³-hybridized carbons (Fsp3) is 0.412. The predicted molar refractivity (Wildman–Crippen MR) is 90.3 cm³/mol. The van der Waals surface area contributed by atoms with Crippen molar-refractivity contribution >= 4 is 11.3 Å². The summed E-state index contributed by atoms with van der Waals surface area (Å²) in [6, 6.07) is 6.27. The Morgan fingerprint density at radius 3 is 2.65 bits per heavy atom. The molecule has 0 bridgehead atoms. The highest BCUT2D eigenvalue weighted by molar-refractivity contribution is 5.67. The number of nitrogens with one attached hydrogen (secondary N) is 1. The molecule has 120 valence electrons. The Hall–Kier alpha value is -2.50. The summed E-state index contributed by atoms with van der Waals surface area (Å²) < 4.78 is 1.73. The maximum Gasteiger partial charge on any atom is 0.200 e. The molecule has 1 atom stereocenters. The lowest BCUT2D eigenvalue weighted by atomic mass is 9.97. The normalized spacial score (nSPS) is 13.0. The van der Waals surface area contributed by atoms with Gasteiger partial charge in [-0.3, -0.25) is 4.98 Å². The van der Waals surface area contributed by atoms with Gasteiger partial charge >= 0.3 is 0 Å². The fourth-order valence-electron chi connectivity index (χ4n) is 2.60. The van der Waals surface area contributed by atoms with E-state index in [4.69, 9.17) is 0 Å². The van der Waals surface area contributed by atoms with Crippen molar-refractivity contribution in [2.45, 2.75) is 39.7 Å². The monoisotopic (exact) mass is 310 g/mol. The highest BCUT2D eigenvalue weighted by atomic mass is 15.3. The van der Waals surface area contributed by atoms with Crippen LogP contribution in [0.5, 0.6) is 0 Å². The largest absolute Gasteiger partial charge is 0.375 e. The fourth-order valence-corrected chi connectivity index (χ4v) is 2.60. The second-order valence-electron chi connectivity index (χ2n) is 6.39. The average Bonchev–Trinajstić information content (AvgIpc) is 3.01. The zero-order chi connectivity index (χ0) is 16.4. The Morgan fingerprint density at radius 2 is 2.00 bits per heavy atom. The van der Waals surface area contributed by atoms with Gasteiger partial charge in [-0.25, -0.2) is 0 Å². The summed E-state index contributed by atoms with van der Waals surface area (Å²) in [6.45, 7) is 8.64. The SMILES string of the molecule is CC(C)c1cc(NC(c2cccnc2)C(C)C)c2nncn2n1. The van der Waals surface area contributed by atoms with Crippen molar-refractivity contribution in [1.29, 1.82) is 0 Å². The van der Waals surface area contributed by atoms with Gasteiger partial charge in [0.1, 0.15) is 6.33 Å². The lowest BCUT2D eigenvalue weighted by Crippen LogP contribution is -2.18. The molecule has 0 aliphatic carbocycles. The van der Waals surface area contributed by atoms with Gasteiger partial charge < -0.3 is 5.32 Å². The summed E-state index contributed by atoms with van der Waals surface area (Å²) >= 11 is 0. The summed E-state index contributed by atoms with van der Waals surface area (Å²) in [7, 11) is 0. The first-order chi connectivity index (χ1) is 11.1. The number of hydrogen-bond acceptors (Lipinski definition) is 5. The molecule has 0 fully saturated rings. The lowest BCUT2D eigenvalue weighted by molar-refractivity contribution is 0.545. The van der Waals surface area contributed by atoms with E-state index >= 15 is 0 Å². The molecule has 3 aromatic rings. The molecule has 0 aromatic carbocycles. The molecule has 0 spiro atoms. The van der Waals surface area contributed by atoms with Crippen molar-refractivity contribution in [3.05, 3.63) is 48.2 Å². The maximum absolute atomic E-state index is 4.56. The van der Waals surface area contributed by atoms with Gasteiger partial charge in [-0.1, -0.05) is 33.8 Å². The molecule has 3 rings (SSSR count). The van der Waals surface area contributed by atoms with Crippen LogP contribution in [0.2, 0.25) is 0 Å². The molecular weight excluding hydrogens is 288 g/mol. The van der Waals surface area contributed by atoms with Crippen LogP contribution in [0.25, 0.3) is 5.65 Å². The maximum atomic E-state index is 4.56. The molecule has 0 radical (unpaired) electrons. The number of pyridine rings is 1. The minimum atomic E-state index is 0.145. The third kappa shape index (κ3) is 3.16. The zero-order valence-corrected chi connectivity index (χ0v) is 13.9. The first kappa shape index (κ1) is 15.4. The van der Waals surface area contributed by atoms with E-state index in [9.17, 15) is 0 Å². The van der Waals surface area contributed by atoms with E-state index < -0.39 is 0 Å². The van der Waals surface area contributed by atoms with E-state index in [-0.39, 0.29) is 6.04 Å². The van der Waals surface area contributed by atoms with Crippen molar-refractivity contribution in [3.63, 3.8) is 0 Å². The van der Waals surface area contributed by atoms with Crippen molar-refractivity contribution < 1.29 is 0 Å². The van der Waals surface area contributed by atoms with Gasteiger partial charge in [0.05, 0.1) is 17.4 Å². The van der Waals surface area contributed by atoms with Gasteiger partial charge in [0.2, 0.25) is 5.65 Å². The molecule has 0 aliphatic rings. The van der Waals surface area contributed by atoms with Crippen molar-refractivity contribution in [3.8, 4) is 0 Å². The molecule has 0 saturated heterocycles. The summed E-state index contributed by atoms with van der Waals surface area (Å²) in [4.78, 5) is 4.24. The number of aromatic nitrogens is 5. The number of anilines is 1. The summed E-state index contributed by atoms with van der Waals surface area (Å²) in [5, 5.41) is 16.4. The average molecular weight is 310 g/mol. The smallest absolute Gasteiger partial charge is 0.200 e. The molecule has 3 aromatic heterocycles. The van der Waals surface area contributed by atoms with Crippen LogP contribution >= 0.6 is 0 Å². The molecule has 1 N–H and O–H groups in total. The number of hydrogen-bond donors (Lipinski definition) is 1. The Labute approximate surface area is 136 Å². The van der Waals surface area contributed by atoms with E-state index in [0.29, 0.717) is 11.8 Å². The van der Waals surface area contributed by atoms with Crippen molar-refractivity contribution in [2.24, 2.45) is 5.92 Å². The molecule has 0 aliphatic heterocycles. The minimum absolute atomic E-state index is 0.145.